The van der Waals surface area contributed by atoms with Crippen molar-refractivity contribution in [3.63, 3.8) is 0 Å². The molecule has 0 unspecified atom stereocenters. The lowest BCUT2D eigenvalue weighted by atomic mass is 9.96. The van der Waals surface area contributed by atoms with Crippen LogP contribution in [0.15, 0.2) is 71.7 Å². The van der Waals surface area contributed by atoms with Crippen LogP contribution in [0.1, 0.15) is 18.4 Å². The Morgan fingerprint density at radius 1 is 0.964 bits per heavy atom. The Morgan fingerprint density at radius 3 is 2.39 bits per heavy atom. The number of piperidine rings is 1. The van der Waals surface area contributed by atoms with E-state index < -0.39 is 0 Å². The molecule has 0 radical (unpaired) electrons. The van der Waals surface area contributed by atoms with Gasteiger partial charge in [0.25, 0.3) is 5.56 Å². The molecule has 1 saturated heterocycles. The molecule has 5 heteroatoms. The molecule has 0 spiro atoms. The van der Waals surface area contributed by atoms with E-state index in [9.17, 15) is 9.18 Å². The zero-order chi connectivity index (χ0) is 19.3. The first-order chi connectivity index (χ1) is 13.7. The molecule has 1 fully saturated rings. The van der Waals surface area contributed by atoms with E-state index in [-0.39, 0.29) is 11.4 Å². The second-order valence-electron chi connectivity index (χ2n) is 7.44. The van der Waals surface area contributed by atoms with Gasteiger partial charge in [-0.1, -0.05) is 42.5 Å². The molecule has 1 aromatic heterocycles. The van der Waals surface area contributed by atoms with E-state index in [1.165, 1.54) is 17.7 Å². The third-order valence-corrected chi connectivity index (χ3v) is 5.45. The zero-order valence-electron chi connectivity index (χ0n) is 15.8. The van der Waals surface area contributed by atoms with Crippen LogP contribution in [0.5, 0.6) is 0 Å². The number of halogens is 1. The van der Waals surface area contributed by atoms with Gasteiger partial charge >= 0.3 is 0 Å². The van der Waals surface area contributed by atoms with Crippen LogP contribution in [0, 0.1) is 11.7 Å². The van der Waals surface area contributed by atoms with E-state index in [1.54, 1.807) is 29.1 Å². The maximum atomic E-state index is 13.2. The summed E-state index contributed by atoms with van der Waals surface area (Å²) < 4.78 is 14.7. The van der Waals surface area contributed by atoms with Crippen LogP contribution >= 0.6 is 0 Å². The first-order valence-electron chi connectivity index (χ1n) is 9.77. The lowest BCUT2D eigenvalue weighted by Gasteiger charge is -2.32. The molecule has 0 amide bonds. The Morgan fingerprint density at radius 2 is 1.68 bits per heavy atom. The SMILES string of the molecule is O=c1c(-c2ccc(F)cc2)ccnn1CC1CCN(Cc2ccccc2)CC1. The second kappa shape index (κ2) is 8.48. The van der Waals surface area contributed by atoms with Crippen molar-refractivity contribution in [2.45, 2.75) is 25.9 Å². The number of aromatic nitrogens is 2. The summed E-state index contributed by atoms with van der Waals surface area (Å²) >= 11 is 0. The summed E-state index contributed by atoms with van der Waals surface area (Å²) in [5.74, 6) is 0.140. The number of hydrogen-bond donors (Lipinski definition) is 0. The molecule has 2 heterocycles. The summed E-state index contributed by atoms with van der Waals surface area (Å²) in [4.78, 5) is 15.3. The molecule has 0 bridgehead atoms. The van der Waals surface area contributed by atoms with Crippen molar-refractivity contribution in [2.24, 2.45) is 5.92 Å². The van der Waals surface area contributed by atoms with Gasteiger partial charge in [0.2, 0.25) is 0 Å². The highest BCUT2D eigenvalue weighted by Crippen LogP contribution is 2.21. The van der Waals surface area contributed by atoms with Crippen molar-refractivity contribution < 1.29 is 4.39 Å². The van der Waals surface area contributed by atoms with Gasteiger partial charge in [0.15, 0.2) is 0 Å². The highest BCUT2D eigenvalue weighted by Gasteiger charge is 2.21. The van der Waals surface area contributed by atoms with E-state index >= 15 is 0 Å². The van der Waals surface area contributed by atoms with Gasteiger partial charge in [0.1, 0.15) is 5.82 Å². The summed E-state index contributed by atoms with van der Waals surface area (Å²) in [5, 5.41) is 4.28. The highest BCUT2D eigenvalue weighted by molar-refractivity contribution is 5.61. The largest absolute Gasteiger partial charge is 0.299 e. The van der Waals surface area contributed by atoms with E-state index in [1.807, 2.05) is 6.07 Å². The van der Waals surface area contributed by atoms with E-state index in [0.29, 0.717) is 18.0 Å². The molecule has 1 aliphatic heterocycles. The summed E-state index contributed by atoms with van der Waals surface area (Å²) in [5.41, 5.74) is 2.52. The molecule has 0 aliphatic carbocycles. The van der Waals surface area contributed by atoms with Gasteiger partial charge in [-0.15, -0.1) is 0 Å². The lowest BCUT2D eigenvalue weighted by Crippen LogP contribution is -2.36. The van der Waals surface area contributed by atoms with Gasteiger partial charge in [-0.05, 0) is 61.2 Å². The molecule has 4 rings (SSSR count). The number of rotatable bonds is 5. The number of likely N-dealkylation sites (tertiary alicyclic amines) is 1. The first kappa shape index (κ1) is 18.6. The normalized spacial score (nSPS) is 15.6. The Kier molecular flexibility index (Phi) is 5.63. The van der Waals surface area contributed by atoms with Crippen LogP contribution < -0.4 is 5.56 Å². The number of hydrogen-bond acceptors (Lipinski definition) is 3. The van der Waals surface area contributed by atoms with E-state index in [0.717, 1.165) is 38.0 Å². The molecule has 144 valence electrons. The maximum absolute atomic E-state index is 13.2. The summed E-state index contributed by atoms with van der Waals surface area (Å²) in [6.45, 7) is 3.68. The van der Waals surface area contributed by atoms with Crippen molar-refractivity contribution in [1.82, 2.24) is 14.7 Å². The zero-order valence-corrected chi connectivity index (χ0v) is 15.8. The molecule has 0 saturated carbocycles. The van der Waals surface area contributed by atoms with Gasteiger partial charge < -0.3 is 0 Å². The molecular formula is C23H24FN3O. The molecule has 0 N–H and O–H groups in total. The van der Waals surface area contributed by atoms with Crippen LogP contribution in [0.3, 0.4) is 0 Å². The van der Waals surface area contributed by atoms with Crippen molar-refractivity contribution in [2.75, 3.05) is 13.1 Å². The Bertz CT molecular complexity index is 961. The minimum atomic E-state index is -0.305. The molecule has 1 aliphatic rings. The van der Waals surface area contributed by atoms with Crippen molar-refractivity contribution in [1.29, 1.82) is 0 Å². The third-order valence-electron chi connectivity index (χ3n) is 5.45. The van der Waals surface area contributed by atoms with Crippen LogP contribution in [0.4, 0.5) is 4.39 Å². The van der Waals surface area contributed by atoms with Crippen LogP contribution in [-0.4, -0.2) is 27.8 Å². The molecule has 4 nitrogen and oxygen atoms in total. The quantitative estimate of drug-likeness (QED) is 0.675. The summed E-state index contributed by atoms with van der Waals surface area (Å²) in [6, 6.07) is 18.3. The molecule has 3 aromatic rings. The van der Waals surface area contributed by atoms with Gasteiger partial charge in [0.05, 0.1) is 5.56 Å². The third kappa shape index (κ3) is 4.37. The monoisotopic (exact) mass is 377 g/mol. The minimum Gasteiger partial charge on any atom is -0.299 e. The highest BCUT2D eigenvalue weighted by atomic mass is 19.1. The predicted molar refractivity (Wildman–Crippen MR) is 108 cm³/mol. The minimum absolute atomic E-state index is 0.110. The summed E-state index contributed by atoms with van der Waals surface area (Å²) in [7, 11) is 0. The fourth-order valence-corrected chi connectivity index (χ4v) is 3.84. The number of nitrogens with zero attached hydrogens (tertiary/aromatic N) is 3. The molecule has 28 heavy (non-hydrogen) atoms. The predicted octanol–water partition coefficient (Wildman–Crippen LogP) is 3.96. The van der Waals surface area contributed by atoms with Crippen molar-refractivity contribution in [3.8, 4) is 11.1 Å². The lowest BCUT2D eigenvalue weighted by molar-refractivity contribution is 0.163. The Labute approximate surface area is 164 Å². The van der Waals surface area contributed by atoms with Crippen LogP contribution in [0.25, 0.3) is 11.1 Å². The Balaban J connectivity index is 1.39. The van der Waals surface area contributed by atoms with E-state index in [2.05, 4.69) is 34.3 Å². The average Bonchev–Trinajstić information content (AvgIpc) is 2.73. The van der Waals surface area contributed by atoms with Gasteiger partial charge in [-0.2, -0.15) is 5.10 Å². The van der Waals surface area contributed by atoms with E-state index in [4.69, 9.17) is 0 Å². The molecular weight excluding hydrogens is 353 g/mol. The van der Waals surface area contributed by atoms with Crippen molar-refractivity contribution >= 4 is 0 Å². The Hall–Kier alpha value is -2.79. The fourth-order valence-electron chi connectivity index (χ4n) is 3.84. The standard InChI is InChI=1S/C23H24FN3O/c24-21-8-6-20(7-9-21)22-10-13-25-27(23(22)28)17-19-11-14-26(15-12-19)16-18-4-2-1-3-5-18/h1-10,13,19H,11-12,14-17H2. The summed E-state index contributed by atoms with van der Waals surface area (Å²) in [6.07, 6.45) is 3.77. The fraction of sp³-hybridized carbons (Fsp3) is 0.304. The smallest absolute Gasteiger partial charge is 0.274 e. The number of benzene rings is 2. The molecule has 2 aromatic carbocycles. The topological polar surface area (TPSA) is 38.1 Å². The molecule has 0 atom stereocenters. The maximum Gasteiger partial charge on any atom is 0.274 e. The van der Waals surface area contributed by atoms with Crippen LogP contribution in [-0.2, 0) is 13.1 Å². The van der Waals surface area contributed by atoms with Gasteiger partial charge in [-0.3, -0.25) is 9.69 Å². The average molecular weight is 377 g/mol. The first-order valence-corrected chi connectivity index (χ1v) is 9.77. The van der Waals surface area contributed by atoms with Gasteiger partial charge in [-0.25, -0.2) is 9.07 Å². The van der Waals surface area contributed by atoms with Crippen LogP contribution in [0.2, 0.25) is 0 Å². The van der Waals surface area contributed by atoms with Crippen molar-refractivity contribution in [3.05, 3.63) is 88.6 Å². The van der Waals surface area contributed by atoms with Gasteiger partial charge in [0, 0.05) is 19.3 Å². The second-order valence-corrected chi connectivity index (χ2v) is 7.44.